The van der Waals surface area contributed by atoms with E-state index in [4.69, 9.17) is 9.26 Å². The van der Waals surface area contributed by atoms with Gasteiger partial charge in [-0.1, -0.05) is 23.4 Å². The first kappa shape index (κ1) is 22.9. The number of carbonyl (C=O) groups is 1. The normalized spacial score (nSPS) is 19.0. The fraction of sp³-hybridized carbons (Fsp3) is 0.385. The lowest BCUT2D eigenvalue weighted by Crippen LogP contribution is -2.55. The molecule has 2 N–H and O–H groups in total. The van der Waals surface area contributed by atoms with E-state index in [9.17, 15) is 15.2 Å². The number of likely N-dealkylation sites (tertiary alicyclic amines) is 1. The van der Waals surface area contributed by atoms with E-state index >= 15 is 0 Å². The Hall–Kier alpha value is -3.90. The Morgan fingerprint density at radius 1 is 1.31 bits per heavy atom. The second-order valence-corrected chi connectivity index (χ2v) is 9.14. The molecule has 3 aromatic rings. The van der Waals surface area contributed by atoms with Crippen LogP contribution in [0.25, 0.3) is 22.8 Å². The van der Waals surface area contributed by atoms with Gasteiger partial charge in [0.25, 0.3) is 5.89 Å². The van der Waals surface area contributed by atoms with Crippen LogP contribution in [0.4, 0.5) is 4.79 Å². The molecule has 0 radical (unpaired) electrons. The summed E-state index contributed by atoms with van der Waals surface area (Å²) in [4.78, 5) is 18.6. The summed E-state index contributed by atoms with van der Waals surface area (Å²) in [5.41, 5.74) is 4.02. The van der Waals surface area contributed by atoms with Crippen molar-refractivity contribution >= 4 is 6.03 Å². The maximum atomic E-state index is 12.5. The van der Waals surface area contributed by atoms with Gasteiger partial charge in [0.15, 0.2) is 0 Å². The summed E-state index contributed by atoms with van der Waals surface area (Å²) in [6, 6.07) is 12.9. The highest BCUT2D eigenvalue weighted by Crippen LogP contribution is 2.36. The second-order valence-electron chi connectivity index (χ2n) is 9.14. The molecule has 0 bridgehead atoms. The van der Waals surface area contributed by atoms with Crippen LogP contribution in [-0.2, 0) is 6.42 Å². The molecular formula is C26H27N5O4. The van der Waals surface area contributed by atoms with Crippen LogP contribution in [0.15, 0.2) is 40.9 Å². The molecule has 1 fully saturated rings. The molecule has 1 saturated heterocycles. The maximum absolute atomic E-state index is 12.5. The number of hydrogen-bond donors (Lipinski definition) is 2. The van der Waals surface area contributed by atoms with Gasteiger partial charge in [0.05, 0.1) is 17.7 Å². The lowest BCUT2D eigenvalue weighted by atomic mass is 9.84. The van der Waals surface area contributed by atoms with Crippen molar-refractivity contribution < 1.29 is 19.2 Å². The summed E-state index contributed by atoms with van der Waals surface area (Å²) in [5, 5.41) is 26.6. The van der Waals surface area contributed by atoms with Crippen LogP contribution in [0.2, 0.25) is 0 Å². The molecule has 180 valence electrons. The smallest absolute Gasteiger partial charge is 0.319 e. The first-order valence-corrected chi connectivity index (χ1v) is 11.9. The van der Waals surface area contributed by atoms with E-state index in [0.29, 0.717) is 41.6 Å². The zero-order valence-electron chi connectivity index (χ0n) is 19.7. The van der Waals surface area contributed by atoms with Crippen molar-refractivity contribution in [2.24, 2.45) is 0 Å². The summed E-state index contributed by atoms with van der Waals surface area (Å²) >= 11 is 0. The number of benzene rings is 2. The van der Waals surface area contributed by atoms with Gasteiger partial charge >= 0.3 is 6.03 Å². The highest BCUT2D eigenvalue weighted by Gasteiger charge is 2.33. The predicted octanol–water partition coefficient (Wildman–Crippen LogP) is 4.17. The van der Waals surface area contributed by atoms with Gasteiger partial charge in [-0.2, -0.15) is 10.2 Å². The molecule has 9 nitrogen and oxygen atoms in total. The van der Waals surface area contributed by atoms with E-state index in [1.54, 1.807) is 18.2 Å². The fourth-order valence-corrected chi connectivity index (χ4v) is 4.61. The van der Waals surface area contributed by atoms with Gasteiger partial charge in [-0.15, -0.1) is 0 Å². The average molecular weight is 474 g/mol. The molecule has 2 aliphatic rings. The minimum absolute atomic E-state index is 0.0446. The van der Waals surface area contributed by atoms with Gasteiger partial charge in [0.2, 0.25) is 5.82 Å². The number of aromatic nitrogens is 2. The third-order valence-corrected chi connectivity index (χ3v) is 6.43. The molecular weight excluding hydrogens is 446 g/mol. The molecule has 2 atom stereocenters. The van der Waals surface area contributed by atoms with Gasteiger partial charge in [0.1, 0.15) is 18.0 Å². The summed E-state index contributed by atoms with van der Waals surface area (Å²) in [6.45, 7) is 4.38. The minimum atomic E-state index is -0.699. The van der Waals surface area contributed by atoms with E-state index in [1.165, 1.54) is 4.90 Å². The molecule has 2 amide bonds. The highest BCUT2D eigenvalue weighted by molar-refractivity contribution is 5.76. The van der Waals surface area contributed by atoms with Gasteiger partial charge in [-0.3, -0.25) is 4.90 Å². The number of nitrogens with zero attached hydrogens (tertiary/aromatic N) is 4. The maximum Gasteiger partial charge on any atom is 0.319 e. The van der Waals surface area contributed by atoms with E-state index in [2.05, 4.69) is 21.5 Å². The van der Waals surface area contributed by atoms with Crippen LogP contribution in [0.3, 0.4) is 0 Å². The zero-order chi connectivity index (χ0) is 24.5. The average Bonchev–Trinajstić information content (AvgIpc) is 3.33. The molecule has 0 saturated carbocycles. The Bertz CT molecular complexity index is 1300. The molecule has 1 aromatic heterocycles. The molecule has 0 spiro atoms. The quantitative estimate of drug-likeness (QED) is 0.570. The number of carbonyl (C=O) groups excluding carboxylic acids is 1. The van der Waals surface area contributed by atoms with E-state index in [-0.39, 0.29) is 18.2 Å². The molecule has 2 heterocycles. The van der Waals surface area contributed by atoms with Crippen LogP contribution in [-0.4, -0.2) is 45.1 Å². The number of aliphatic hydroxyl groups is 1. The van der Waals surface area contributed by atoms with Gasteiger partial charge in [-0.05, 0) is 62.4 Å². The van der Waals surface area contributed by atoms with Crippen LogP contribution < -0.4 is 10.1 Å². The molecule has 1 aliphatic carbocycles. The van der Waals surface area contributed by atoms with E-state index < -0.39 is 6.23 Å². The van der Waals surface area contributed by atoms with Crippen molar-refractivity contribution in [3.63, 3.8) is 0 Å². The van der Waals surface area contributed by atoms with Gasteiger partial charge in [-0.25, -0.2) is 4.79 Å². The van der Waals surface area contributed by atoms with Crippen molar-refractivity contribution in [1.29, 1.82) is 5.26 Å². The van der Waals surface area contributed by atoms with Crippen molar-refractivity contribution in [2.45, 2.75) is 57.9 Å². The van der Waals surface area contributed by atoms with Crippen LogP contribution in [0.1, 0.15) is 55.8 Å². The van der Waals surface area contributed by atoms with Crippen molar-refractivity contribution in [2.75, 3.05) is 6.54 Å². The Morgan fingerprint density at radius 2 is 2.17 bits per heavy atom. The molecule has 1 unspecified atom stereocenters. The summed E-state index contributed by atoms with van der Waals surface area (Å²) < 4.78 is 11.3. The van der Waals surface area contributed by atoms with Crippen LogP contribution in [0.5, 0.6) is 5.75 Å². The van der Waals surface area contributed by atoms with Gasteiger partial charge in [0, 0.05) is 24.1 Å². The number of amides is 2. The fourth-order valence-electron chi connectivity index (χ4n) is 4.61. The third-order valence-electron chi connectivity index (χ3n) is 6.43. The standard InChI is InChI=1S/C26H27N5O4/c1-15(2)34-22-10-9-16(13-17(22)14-27)25-29-24(30-35-25)20-7-3-6-19-18(20)5-4-8-21(19)28-26(33)31-12-11-23(31)32/h3,6-7,9-10,13,15,21,23,32H,4-5,8,11-12H2,1-2H3,(H,28,33)/t21?,23-/m0/s1. The summed E-state index contributed by atoms with van der Waals surface area (Å²) in [6.07, 6.45) is 2.44. The van der Waals surface area contributed by atoms with Gasteiger partial charge < -0.3 is 19.7 Å². The van der Waals surface area contributed by atoms with Crippen molar-refractivity contribution in [3.8, 4) is 34.7 Å². The zero-order valence-corrected chi connectivity index (χ0v) is 19.7. The van der Waals surface area contributed by atoms with Crippen LogP contribution in [0, 0.1) is 11.3 Å². The number of urea groups is 1. The summed E-state index contributed by atoms with van der Waals surface area (Å²) in [5.74, 6) is 1.29. The molecule has 1 aliphatic heterocycles. The lowest BCUT2D eigenvalue weighted by molar-refractivity contribution is -0.0419. The Morgan fingerprint density at radius 3 is 2.89 bits per heavy atom. The number of nitriles is 1. The monoisotopic (exact) mass is 473 g/mol. The Kier molecular flexibility index (Phi) is 6.14. The minimum Gasteiger partial charge on any atom is -0.490 e. The second kappa shape index (κ2) is 9.39. The highest BCUT2D eigenvalue weighted by atomic mass is 16.5. The molecule has 35 heavy (non-hydrogen) atoms. The third kappa shape index (κ3) is 4.45. The predicted molar refractivity (Wildman–Crippen MR) is 127 cm³/mol. The summed E-state index contributed by atoms with van der Waals surface area (Å²) in [7, 11) is 0. The van der Waals surface area contributed by atoms with Crippen LogP contribution >= 0.6 is 0 Å². The number of ether oxygens (including phenoxy) is 1. The number of fused-ring (bicyclic) bond motifs is 1. The number of aliphatic hydroxyl groups excluding tert-OH is 1. The molecule has 5 rings (SSSR count). The number of hydrogen-bond acceptors (Lipinski definition) is 7. The van der Waals surface area contributed by atoms with E-state index in [1.807, 2.05) is 32.0 Å². The first-order chi connectivity index (χ1) is 16.9. The first-order valence-electron chi connectivity index (χ1n) is 11.9. The Balaban J connectivity index is 1.41. The van der Waals surface area contributed by atoms with Crippen molar-refractivity contribution in [1.82, 2.24) is 20.4 Å². The topological polar surface area (TPSA) is 125 Å². The molecule has 9 heteroatoms. The van der Waals surface area contributed by atoms with E-state index in [0.717, 1.165) is 36.0 Å². The Labute approximate surface area is 203 Å². The number of nitrogens with one attached hydrogen (secondary N) is 1. The SMILES string of the molecule is CC(C)Oc1ccc(-c2nc(-c3cccc4c3CCCC4NC(=O)N3CC[C@@H]3O)no2)cc1C#N. The lowest BCUT2D eigenvalue weighted by Gasteiger charge is -2.38. The molecule has 2 aromatic carbocycles. The van der Waals surface area contributed by atoms with Crippen molar-refractivity contribution in [3.05, 3.63) is 53.1 Å². The number of rotatable bonds is 5. The largest absolute Gasteiger partial charge is 0.490 e.